The maximum Gasteiger partial charge on any atom is 0.227 e. The Labute approximate surface area is 162 Å². The Balaban J connectivity index is 1.55. The van der Waals surface area contributed by atoms with E-state index in [1.165, 1.54) is 11.3 Å². The van der Waals surface area contributed by atoms with E-state index in [1.54, 1.807) is 24.3 Å². The molecule has 0 aliphatic rings. The molecule has 1 heterocycles. The molecule has 27 heavy (non-hydrogen) atoms. The average molecular weight is 379 g/mol. The fourth-order valence-corrected chi connectivity index (χ4v) is 3.46. The van der Waals surface area contributed by atoms with Gasteiger partial charge in [-0.1, -0.05) is 42.5 Å². The number of hydrogen-bond acceptors (Lipinski definition) is 4. The number of aromatic hydroxyl groups is 1. The summed E-state index contributed by atoms with van der Waals surface area (Å²) >= 11 is 1.42. The van der Waals surface area contributed by atoms with Crippen LogP contribution in [0.25, 0.3) is 0 Å². The van der Waals surface area contributed by atoms with Crippen LogP contribution in [-0.2, 0) is 11.2 Å². The van der Waals surface area contributed by atoms with Crippen molar-refractivity contribution in [2.75, 3.05) is 6.54 Å². The third-order valence-electron chi connectivity index (χ3n) is 4.46. The van der Waals surface area contributed by atoms with E-state index in [-0.39, 0.29) is 23.4 Å². The van der Waals surface area contributed by atoms with Crippen LogP contribution in [0.5, 0.6) is 5.75 Å². The first-order valence-corrected chi connectivity index (χ1v) is 9.66. The summed E-state index contributed by atoms with van der Waals surface area (Å²) in [4.78, 5) is 25.4. The van der Waals surface area contributed by atoms with Crippen molar-refractivity contribution in [2.45, 2.75) is 19.3 Å². The SMILES string of the molecule is CC(C(=O)NCCc1ccc(O)cc1)c1ccc(C(=O)c2cccs2)cc1. The number of rotatable bonds is 7. The predicted molar refractivity (Wildman–Crippen MR) is 107 cm³/mol. The highest BCUT2D eigenvalue weighted by Crippen LogP contribution is 2.19. The summed E-state index contributed by atoms with van der Waals surface area (Å²) in [5, 5.41) is 14.1. The minimum absolute atomic E-state index is 0.00236. The van der Waals surface area contributed by atoms with Gasteiger partial charge in [0, 0.05) is 12.1 Å². The Hall–Kier alpha value is -2.92. The molecule has 2 aromatic carbocycles. The van der Waals surface area contributed by atoms with Gasteiger partial charge in [0.2, 0.25) is 11.7 Å². The first-order valence-electron chi connectivity index (χ1n) is 8.78. The summed E-state index contributed by atoms with van der Waals surface area (Å²) in [6.45, 7) is 2.38. The van der Waals surface area contributed by atoms with E-state index < -0.39 is 0 Å². The van der Waals surface area contributed by atoms with Crippen molar-refractivity contribution in [1.82, 2.24) is 5.32 Å². The summed E-state index contributed by atoms with van der Waals surface area (Å²) in [6.07, 6.45) is 0.701. The summed E-state index contributed by atoms with van der Waals surface area (Å²) in [7, 11) is 0. The number of carbonyl (C=O) groups excluding carboxylic acids is 2. The Morgan fingerprint density at radius 2 is 1.74 bits per heavy atom. The largest absolute Gasteiger partial charge is 0.508 e. The van der Waals surface area contributed by atoms with E-state index >= 15 is 0 Å². The van der Waals surface area contributed by atoms with Crippen LogP contribution in [0.1, 0.15) is 39.2 Å². The van der Waals surface area contributed by atoms with Crippen LogP contribution in [-0.4, -0.2) is 23.3 Å². The Morgan fingerprint density at radius 1 is 1.04 bits per heavy atom. The van der Waals surface area contributed by atoms with Crippen LogP contribution < -0.4 is 5.32 Å². The van der Waals surface area contributed by atoms with Gasteiger partial charge in [-0.3, -0.25) is 9.59 Å². The molecule has 0 aliphatic heterocycles. The highest BCUT2D eigenvalue weighted by Gasteiger charge is 2.16. The summed E-state index contributed by atoms with van der Waals surface area (Å²) in [6, 6.07) is 17.9. The molecule has 138 valence electrons. The van der Waals surface area contributed by atoms with Gasteiger partial charge in [-0.15, -0.1) is 11.3 Å². The third kappa shape index (κ3) is 4.83. The van der Waals surface area contributed by atoms with Gasteiger partial charge in [-0.2, -0.15) is 0 Å². The van der Waals surface area contributed by atoms with Crippen molar-refractivity contribution in [3.05, 3.63) is 87.6 Å². The van der Waals surface area contributed by atoms with Gasteiger partial charge < -0.3 is 10.4 Å². The lowest BCUT2D eigenvalue weighted by molar-refractivity contribution is -0.122. The average Bonchev–Trinajstić information content (AvgIpc) is 3.23. The molecule has 0 fully saturated rings. The van der Waals surface area contributed by atoms with E-state index in [0.29, 0.717) is 23.4 Å². The van der Waals surface area contributed by atoms with Gasteiger partial charge in [0.15, 0.2) is 0 Å². The lowest BCUT2D eigenvalue weighted by Gasteiger charge is -2.13. The quantitative estimate of drug-likeness (QED) is 0.606. The van der Waals surface area contributed by atoms with Gasteiger partial charge in [0.05, 0.1) is 10.8 Å². The van der Waals surface area contributed by atoms with Crippen LogP contribution >= 0.6 is 11.3 Å². The van der Waals surface area contributed by atoms with Crippen molar-refractivity contribution in [1.29, 1.82) is 0 Å². The van der Waals surface area contributed by atoms with Crippen molar-refractivity contribution in [3.63, 3.8) is 0 Å². The van der Waals surface area contributed by atoms with E-state index in [0.717, 1.165) is 11.1 Å². The first-order chi connectivity index (χ1) is 13.0. The molecule has 0 bridgehead atoms. The van der Waals surface area contributed by atoms with Gasteiger partial charge in [-0.05, 0) is 48.1 Å². The molecule has 1 unspecified atom stereocenters. The number of thiophene rings is 1. The van der Waals surface area contributed by atoms with E-state index in [4.69, 9.17) is 0 Å². The molecule has 5 heteroatoms. The normalized spacial score (nSPS) is 11.7. The van der Waals surface area contributed by atoms with Crippen molar-refractivity contribution in [2.24, 2.45) is 0 Å². The minimum Gasteiger partial charge on any atom is -0.508 e. The zero-order chi connectivity index (χ0) is 19.2. The fraction of sp³-hybridized carbons (Fsp3) is 0.182. The molecule has 4 nitrogen and oxygen atoms in total. The Morgan fingerprint density at radius 3 is 2.37 bits per heavy atom. The van der Waals surface area contributed by atoms with Crippen LogP contribution in [0.4, 0.5) is 0 Å². The maximum atomic E-state index is 12.4. The number of nitrogens with one attached hydrogen (secondary N) is 1. The Bertz CT molecular complexity index is 900. The van der Waals surface area contributed by atoms with Gasteiger partial charge in [0.1, 0.15) is 5.75 Å². The molecule has 1 aromatic heterocycles. The first kappa shape index (κ1) is 18.9. The topological polar surface area (TPSA) is 66.4 Å². The van der Waals surface area contributed by atoms with Crippen LogP contribution in [0, 0.1) is 0 Å². The molecular formula is C22H21NO3S. The lowest BCUT2D eigenvalue weighted by atomic mass is 9.97. The van der Waals surface area contributed by atoms with Crippen LogP contribution in [0.2, 0.25) is 0 Å². The molecule has 0 spiro atoms. The van der Waals surface area contributed by atoms with Crippen LogP contribution in [0.15, 0.2) is 66.0 Å². The van der Waals surface area contributed by atoms with E-state index in [9.17, 15) is 14.7 Å². The zero-order valence-electron chi connectivity index (χ0n) is 15.0. The van der Waals surface area contributed by atoms with E-state index in [2.05, 4.69) is 5.32 Å². The standard InChI is InChI=1S/C22H21NO3S/c1-15(22(26)23-13-12-16-4-10-19(24)11-5-16)17-6-8-18(9-7-17)21(25)20-3-2-14-27-20/h2-11,14-15,24H,12-13H2,1H3,(H,23,26). The number of phenols is 1. The van der Waals surface area contributed by atoms with E-state index in [1.807, 2.05) is 48.7 Å². The molecule has 2 N–H and O–H groups in total. The zero-order valence-corrected chi connectivity index (χ0v) is 15.8. The highest BCUT2D eigenvalue weighted by molar-refractivity contribution is 7.12. The Kier molecular flexibility index (Phi) is 6.04. The van der Waals surface area contributed by atoms with Crippen LogP contribution in [0.3, 0.4) is 0 Å². The van der Waals surface area contributed by atoms with Crippen molar-refractivity contribution in [3.8, 4) is 5.75 Å². The number of hydrogen-bond donors (Lipinski definition) is 2. The van der Waals surface area contributed by atoms with Crippen molar-refractivity contribution >= 4 is 23.0 Å². The molecular weight excluding hydrogens is 358 g/mol. The van der Waals surface area contributed by atoms with Gasteiger partial charge in [-0.25, -0.2) is 0 Å². The van der Waals surface area contributed by atoms with Gasteiger partial charge >= 0.3 is 0 Å². The molecule has 0 saturated heterocycles. The molecule has 0 saturated carbocycles. The maximum absolute atomic E-state index is 12.4. The molecule has 3 rings (SSSR count). The number of amides is 1. The summed E-state index contributed by atoms with van der Waals surface area (Å²) < 4.78 is 0. The number of phenolic OH excluding ortho intramolecular Hbond substituents is 1. The molecule has 1 amide bonds. The smallest absolute Gasteiger partial charge is 0.227 e. The number of carbonyl (C=O) groups is 2. The fourth-order valence-electron chi connectivity index (χ4n) is 2.77. The second kappa shape index (κ2) is 8.64. The molecule has 1 atom stereocenters. The lowest BCUT2D eigenvalue weighted by Crippen LogP contribution is -2.29. The molecule has 0 aliphatic carbocycles. The summed E-state index contributed by atoms with van der Waals surface area (Å²) in [5.41, 5.74) is 2.55. The number of benzene rings is 2. The second-order valence-electron chi connectivity index (χ2n) is 6.36. The molecule has 0 radical (unpaired) electrons. The third-order valence-corrected chi connectivity index (χ3v) is 5.33. The van der Waals surface area contributed by atoms with Gasteiger partial charge in [0.25, 0.3) is 0 Å². The molecule has 3 aromatic rings. The highest BCUT2D eigenvalue weighted by atomic mass is 32.1. The monoisotopic (exact) mass is 379 g/mol. The van der Waals surface area contributed by atoms with Crippen molar-refractivity contribution < 1.29 is 14.7 Å². The summed E-state index contributed by atoms with van der Waals surface area (Å²) in [5.74, 6) is -0.109. The number of ketones is 1. The second-order valence-corrected chi connectivity index (χ2v) is 7.31. The predicted octanol–water partition coefficient (Wildman–Crippen LogP) is 4.15. The minimum atomic E-state index is -0.296.